The fourth-order valence-electron chi connectivity index (χ4n) is 2.71. The molecular weight excluding hydrogens is 276 g/mol. The van der Waals surface area contributed by atoms with Gasteiger partial charge in [0.05, 0.1) is 5.69 Å². The van der Waals surface area contributed by atoms with Crippen LogP contribution in [0.25, 0.3) is 0 Å². The van der Waals surface area contributed by atoms with Crippen LogP contribution in [0, 0.1) is 12.8 Å². The van der Waals surface area contributed by atoms with Crippen LogP contribution in [0.3, 0.4) is 0 Å². The molecule has 2 N–H and O–H groups in total. The highest BCUT2D eigenvalue weighted by Gasteiger charge is 2.20. The third-order valence-corrected chi connectivity index (χ3v) is 4.69. The third kappa shape index (κ3) is 3.79. The number of carbonyl (C=O) groups is 2. The lowest BCUT2D eigenvalue weighted by atomic mass is 9.86. The van der Waals surface area contributed by atoms with E-state index in [0.29, 0.717) is 23.0 Å². The maximum atomic E-state index is 11.9. The van der Waals surface area contributed by atoms with Crippen LogP contribution in [0.2, 0.25) is 0 Å². The van der Waals surface area contributed by atoms with E-state index in [-0.39, 0.29) is 11.5 Å². The van der Waals surface area contributed by atoms with E-state index in [1.165, 1.54) is 32.1 Å². The van der Waals surface area contributed by atoms with Gasteiger partial charge in [-0.15, -0.1) is 0 Å². The van der Waals surface area contributed by atoms with Crippen molar-refractivity contribution in [2.45, 2.75) is 51.9 Å². The average molecular weight is 296 g/mol. The molecule has 1 fully saturated rings. The molecule has 1 heterocycles. The SMILES string of the molecule is Cc1nsc(NC(=O)CCC2CCCCC2)c1C(=O)O. The summed E-state index contributed by atoms with van der Waals surface area (Å²) >= 11 is 1.03. The maximum absolute atomic E-state index is 11.9. The minimum Gasteiger partial charge on any atom is -0.478 e. The van der Waals surface area contributed by atoms with Crippen LogP contribution in [0.15, 0.2) is 0 Å². The Bertz CT molecular complexity index is 493. The highest BCUT2D eigenvalue weighted by molar-refractivity contribution is 7.11. The van der Waals surface area contributed by atoms with Crippen LogP contribution >= 0.6 is 11.5 Å². The predicted octanol–water partition coefficient (Wildman–Crippen LogP) is 3.45. The van der Waals surface area contributed by atoms with Gasteiger partial charge in [0.25, 0.3) is 0 Å². The van der Waals surface area contributed by atoms with Crippen molar-refractivity contribution < 1.29 is 14.7 Å². The Hall–Kier alpha value is -1.43. The van der Waals surface area contributed by atoms with Crippen molar-refractivity contribution in [3.63, 3.8) is 0 Å². The summed E-state index contributed by atoms with van der Waals surface area (Å²) < 4.78 is 3.99. The standard InChI is InChI=1S/C14H20N2O3S/c1-9-12(14(18)19)13(20-16-9)15-11(17)8-7-10-5-3-2-4-6-10/h10H,2-8H2,1H3,(H,15,17)(H,18,19). The van der Waals surface area contributed by atoms with Crippen LogP contribution in [0.4, 0.5) is 5.00 Å². The number of nitrogens with one attached hydrogen (secondary N) is 1. The molecule has 1 aliphatic carbocycles. The Morgan fingerprint density at radius 3 is 2.70 bits per heavy atom. The Morgan fingerprint density at radius 2 is 2.05 bits per heavy atom. The number of carbonyl (C=O) groups excluding carboxylic acids is 1. The van der Waals surface area contributed by atoms with E-state index in [4.69, 9.17) is 5.11 Å². The first-order valence-corrected chi connectivity index (χ1v) is 7.84. The lowest BCUT2D eigenvalue weighted by molar-refractivity contribution is -0.116. The van der Waals surface area contributed by atoms with Crippen LogP contribution in [-0.4, -0.2) is 21.4 Å². The van der Waals surface area contributed by atoms with Crippen LogP contribution in [0.5, 0.6) is 0 Å². The number of anilines is 1. The zero-order chi connectivity index (χ0) is 14.5. The lowest BCUT2D eigenvalue weighted by Gasteiger charge is -2.20. The Balaban J connectivity index is 1.86. The summed E-state index contributed by atoms with van der Waals surface area (Å²) in [6.45, 7) is 1.64. The fourth-order valence-corrected chi connectivity index (χ4v) is 3.51. The molecule has 110 valence electrons. The van der Waals surface area contributed by atoms with Gasteiger partial charge in [0.1, 0.15) is 10.6 Å². The number of rotatable bonds is 5. The number of amides is 1. The summed E-state index contributed by atoms with van der Waals surface area (Å²) in [6, 6.07) is 0. The normalized spacial score (nSPS) is 16.1. The van der Waals surface area contributed by atoms with Crippen molar-refractivity contribution in [1.82, 2.24) is 4.37 Å². The topological polar surface area (TPSA) is 79.3 Å². The molecule has 1 saturated carbocycles. The first-order valence-electron chi connectivity index (χ1n) is 7.07. The quantitative estimate of drug-likeness (QED) is 0.872. The van der Waals surface area contributed by atoms with Gasteiger partial charge >= 0.3 is 5.97 Å². The van der Waals surface area contributed by atoms with Crippen molar-refractivity contribution in [2.75, 3.05) is 5.32 Å². The lowest BCUT2D eigenvalue weighted by Crippen LogP contribution is -2.15. The van der Waals surface area contributed by atoms with Gasteiger partial charge in [0.15, 0.2) is 0 Å². The number of aromatic carboxylic acids is 1. The summed E-state index contributed by atoms with van der Waals surface area (Å²) in [5.41, 5.74) is 0.561. The van der Waals surface area contributed by atoms with E-state index in [9.17, 15) is 9.59 Å². The summed E-state index contributed by atoms with van der Waals surface area (Å²) in [5, 5.41) is 12.1. The molecule has 0 atom stereocenters. The number of carboxylic acids is 1. The second-order valence-corrected chi connectivity index (χ2v) is 6.14. The average Bonchev–Trinajstić information content (AvgIpc) is 2.78. The fraction of sp³-hybridized carbons (Fsp3) is 0.643. The van der Waals surface area contributed by atoms with Crippen LogP contribution < -0.4 is 5.32 Å². The monoisotopic (exact) mass is 296 g/mol. The van der Waals surface area contributed by atoms with Crippen LogP contribution in [-0.2, 0) is 4.79 Å². The zero-order valence-electron chi connectivity index (χ0n) is 11.6. The largest absolute Gasteiger partial charge is 0.478 e. The molecule has 1 aromatic heterocycles. The molecule has 0 unspecified atom stereocenters. The van der Waals surface area contributed by atoms with E-state index < -0.39 is 5.97 Å². The summed E-state index contributed by atoms with van der Waals surface area (Å²) in [4.78, 5) is 23.0. The first-order chi connectivity index (χ1) is 9.58. The molecule has 1 aliphatic rings. The van der Waals surface area contributed by atoms with Crippen molar-refractivity contribution in [3.05, 3.63) is 11.3 Å². The van der Waals surface area contributed by atoms with E-state index >= 15 is 0 Å². The molecule has 0 spiro atoms. The van der Waals surface area contributed by atoms with Gasteiger partial charge in [-0.2, -0.15) is 4.37 Å². The van der Waals surface area contributed by atoms with Gasteiger partial charge in [-0.05, 0) is 30.8 Å². The molecule has 6 heteroatoms. The smallest absolute Gasteiger partial charge is 0.340 e. The van der Waals surface area contributed by atoms with Gasteiger partial charge in [0, 0.05) is 6.42 Å². The summed E-state index contributed by atoms with van der Waals surface area (Å²) in [6.07, 6.45) is 7.63. The molecule has 5 nitrogen and oxygen atoms in total. The van der Waals surface area contributed by atoms with E-state index in [1.807, 2.05) is 0 Å². The molecular formula is C14H20N2O3S. The molecule has 0 aliphatic heterocycles. The minimum atomic E-state index is -1.04. The Morgan fingerprint density at radius 1 is 1.35 bits per heavy atom. The minimum absolute atomic E-state index is 0.110. The van der Waals surface area contributed by atoms with Crippen molar-refractivity contribution in [2.24, 2.45) is 5.92 Å². The summed E-state index contributed by atoms with van der Waals surface area (Å²) in [7, 11) is 0. The molecule has 0 bridgehead atoms. The van der Waals surface area contributed by atoms with Crippen molar-refractivity contribution >= 4 is 28.4 Å². The van der Waals surface area contributed by atoms with Crippen molar-refractivity contribution in [1.29, 1.82) is 0 Å². The molecule has 0 aromatic carbocycles. The molecule has 1 amide bonds. The number of carboxylic acid groups (broad SMARTS) is 1. The molecule has 1 aromatic rings. The third-order valence-electron chi connectivity index (χ3n) is 3.83. The van der Waals surface area contributed by atoms with Crippen LogP contribution in [0.1, 0.15) is 61.0 Å². The Labute approximate surface area is 122 Å². The second kappa shape index (κ2) is 6.83. The zero-order valence-corrected chi connectivity index (χ0v) is 12.5. The first kappa shape index (κ1) is 15.0. The number of hydrogen-bond donors (Lipinski definition) is 2. The molecule has 2 rings (SSSR count). The number of aromatic nitrogens is 1. The molecule has 0 radical (unpaired) electrons. The highest BCUT2D eigenvalue weighted by Crippen LogP contribution is 2.28. The maximum Gasteiger partial charge on any atom is 0.340 e. The van der Waals surface area contributed by atoms with Gasteiger partial charge < -0.3 is 10.4 Å². The highest BCUT2D eigenvalue weighted by atomic mass is 32.1. The number of aryl methyl sites for hydroxylation is 1. The molecule has 20 heavy (non-hydrogen) atoms. The Kier molecular flexibility index (Phi) is 5.11. The summed E-state index contributed by atoms with van der Waals surface area (Å²) in [5.74, 6) is -0.503. The number of nitrogens with zero attached hydrogens (tertiary/aromatic N) is 1. The van der Waals surface area contributed by atoms with E-state index in [0.717, 1.165) is 18.0 Å². The van der Waals surface area contributed by atoms with Gasteiger partial charge in [-0.1, -0.05) is 32.1 Å². The van der Waals surface area contributed by atoms with Gasteiger partial charge in [-0.3, -0.25) is 4.79 Å². The van der Waals surface area contributed by atoms with E-state index in [1.54, 1.807) is 6.92 Å². The second-order valence-electron chi connectivity index (χ2n) is 5.37. The van der Waals surface area contributed by atoms with Gasteiger partial charge in [0.2, 0.25) is 5.91 Å². The molecule has 0 saturated heterocycles. The van der Waals surface area contributed by atoms with Crippen molar-refractivity contribution in [3.8, 4) is 0 Å². The number of hydrogen-bond acceptors (Lipinski definition) is 4. The predicted molar refractivity (Wildman–Crippen MR) is 78.2 cm³/mol. The van der Waals surface area contributed by atoms with Gasteiger partial charge in [-0.25, -0.2) is 4.79 Å². The van der Waals surface area contributed by atoms with E-state index in [2.05, 4.69) is 9.69 Å².